The zero-order valence-corrected chi connectivity index (χ0v) is 11.0. The third kappa shape index (κ3) is 4.75. The second-order valence-corrected chi connectivity index (χ2v) is 4.13. The number of esters is 1. The molecule has 1 unspecified atom stereocenters. The molecule has 0 aliphatic rings. The first-order valence-electron chi connectivity index (χ1n) is 5.81. The SMILES string of the molecule is CCOC(=O)CNC(CC)c1ccc(Cl)cc1. The number of rotatable bonds is 6. The molecule has 0 spiro atoms. The van der Waals surface area contributed by atoms with Crippen LogP contribution in [0.3, 0.4) is 0 Å². The summed E-state index contributed by atoms with van der Waals surface area (Å²) in [6, 6.07) is 7.79. The standard InChI is InChI=1S/C13H18ClNO2/c1-3-12(15-9-13(16)17-4-2)10-5-7-11(14)8-6-10/h5-8,12,15H,3-4,9H2,1-2H3. The lowest BCUT2D eigenvalue weighted by atomic mass is 10.0. The predicted molar refractivity (Wildman–Crippen MR) is 69.1 cm³/mol. The van der Waals surface area contributed by atoms with Crippen molar-refractivity contribution in [3.05, 3.63) is 34.9 Å². The van der Waals surface area contributed by atoms with Gasteiger partial charge in [-0.15, -0.1) is 0 Å². The predicted octanol–water partition coefficient (Wildman–Crippen LogP) is 2.94. The minimum absolute atomic E-state index is 0.150. The van der Waals surface area contributed by atoms with Crippen LogP contribution in [0.15, 0.2) is 24.3 Å². The number of carbonyl (C=O) groups is 1. The molecule has 0 radical (unpaired) electrons. The van der Waals surface area contributed by atoms with Gasteiger partial charge in [-0.25, -0.2) is 0 Å². The van der Waals surface area contributed by atoms with Gasteiger partial charge in [0, 0.05) is 11.1 Å². The van der Waals surface area contributed by atoms with Crippen molar-refractivity contribution in [2.75, 3.05) is 13.2 Å². The molecule has 1 N–H and O–H groups in total. The second-order valence-electron chi connectivity index (χ2n) is 3.70. The molecule has 4 heteroatoms. The third-order valence-electron chi connectivity index (χ3n) is 2.48. The highest BCUT2D eigenvalue weighted by Crippen LogP contribution is 2.18. The van der Waals surface area contributed by atoms with E-state index in [0.717, 1.165) is 12.0 Å². The number of ether oxygens (including phenoxy) is 1. The van der Waals surface area contributed by atoms with Gasteiger partial charge in [0.15, 0.2) is 0 Å². The maximum Gasteiger partial charge on any atom is 0.319 e. The molecule has 1 atom stereocenters. The van der Waals surface area contributed by atoms with Crippen molar-refractivity contribution in [3.63, 3.8) is 0 Å². The van der Waals surface area contributed by atoms with Crippen LogP contribution < -0.4 is 5.32 Å². The lowest BCUT2D eigenvalue weighted by molar-refractivity contribution is -0.142. The van der Waals surface area contributed by atoms with Crippen molar-refractivity contribution in [2.45, 2.75) is 26.3 Å². The van der Waals surface area contributed by atoms with Crippen LogP contribution in [0.1, 0.15) is 31.9 Å². The lowest BCUT2D eigenvalue weighted by Crippen LogP contribution is -2.28. The maximum atomic E-state index is 11.2. The van der Waals surface area contributed by atoms with Crippen LogP contribution in [0, 0.1) is 0 Å². The molecular formula is C13H18ClNO2. The fourth-order valence-electron chi connectivity index (χ4n) is 1.61. The van der Waals surface area contributed by atoms with E-state index in [4.69, 9.17) is 16.3 Å². The molecule has 0 aliphatic heterocycles. The molecule has 0 fully saturated rings. The van der Waals surface area contributed by atoms with Gasteiger partial charge in [-0.3, -0.25) is 4.79 Å². The Morgan fingerprint density at radius 2 is 2.00 bits per heavy atom. The molecule has 0 aromatic heterocycles. The van der Waals surface area contributed by atoms with Gasteiger partial charge in [0.2, 0.25) is 0 Å². The number of halogens is 1. The van der Waals surface area contributed by atoms with Crippen molar-refractivity contribution < 1.29 is 9.53 Å². The summed E-state index contributed by atoms with van der Waals surface area (Å²) < 4.78 is 4.87. The average molecular weight is 256 g/mol. The fourth-order valence-corrected chi connectivity index (χ4v) is 1.74. The Morgan fingerprint density at radius 3 is 2.53 bits per heavy atom. The van der Waals surface area contributed by atoms with Gasteiger partial charge in [-0.2, -0.15) is 0 Å². The van der Waals surface area contributed by atoms with E-state index in [9.17, 15) is 4.79 Å². The molecule has 3 nitrogen and oxygen atoms in total. The van der Waals surface area contributed by atoms with E-state index in [0.29, 0.717) is 11.6 Å². The Morgan fingerprint density at radius 1 is 1.35 bits per heavy atom. The van der Waals surface area contributed by atoms with E-state index < -0.39 is 0 Å². The summed E-state index contributed by atoms with van der Waals surface area (Å²) in [4.78, 5) is 11.2. The number of benzene rings is 1. The van der Waals surface area contributed by atoms with Crippen LogP contribution in [0.5, 0.6) is 0 Å². The van der Waals surface area contributed by atoms with E-state index in [1.807, 2.05) is 24.3 Å². The van der Waals surface area contributed by atoms with Crippen molar-refractivity contribution in [1.29, 1.82) is 0 Å². The Kier molecular flexibility index (Phi) is 6.01. The highest BCUT2D eigenvalue weighted by molar-refractivity contribution is 6.30. The number of hydrogen-bond donors (Lipinski definition) is 1. The number of carbonyl (C=O) groups excluding carboxylic acids is 1. The van der Waals surface area contributed by atoms with Crippen molar-refractivity contribution in [1.82, 2.24) is 5.32 Å². The van der Waals surface area contributed by atoms with E-state index >= 15 is 0 Å². The second kappa shape index (κ2) is 7.30. The van der Waals surface area contributed by atoms with Crippen LogP contribution in [-0.2, 0) is 9.53 Å². The van der Waals surface area contributed by atoms with Gasteiger partial charge >= 0.3 is 5.97 Å². The summed E-state index contributed by atoms with van der Waals surface area (Å²) in [5, 5.41) is 3.89. The summed E-state index contributed by atoms with van der Waals surface area (Å²) in [6.07, 6.45) is 0.904. The number of hydrogen-bond acceptors (Lipinski definition) is 3. The van der Waals surface area contributed by atoms with Crippen molar-refractivity contribution in [3.8, 4) is 0 Å². The summed E-state index contributed by atoms with van der Waals surface area (Å²) in [7, 11) is 0. The Bertz CT molecular complexity index is 351. The highest BCUT2D eigenvalue weighted by atomic mass is 35.5. The molecule has 1 aromatic carbocycles. The summed E-state index contributed by atoms with van der Waals surface area (Å²) in [5.41, 5.74) is 1.13. The fraction of sp³-hybridized carbons (Fsp3) is 0.462. The first-order chi connectivity index (χ1) is 8.17. The molecule has 0 aliphatic carbocycles. The summed E-state index contributed by atoms with van der Waals surface area (Å²) >= 11 is 5.83. The molecule has 0 amide bonds. The normalized spacial score (nSPS) is 12.2. The van der Waals surface area contributed by atoms with E-state index in [2.05, 4.69) is 12.2 Å². The Balaban J connectivity index is 2.54. The van der Waals surface area contributed by atoms with Gasteiger partial charge in [0.1, 0.15) is 0 Å². The quantitative estimate of drug-likeness (QED) is 0.795. The molecule has 1 rings (SSSR count). The maximum absolute atomic E-state index is 11.2. The van der Waals surface area contributed by atoms with Crippen molar-refractivity contribution in [2.24, 2.45) is 0 Å². The average Bonchev–Trinajstić information content (AvgIpc) is 2.32. The molecule has 1 aromatic rings. The zero-order valence-electron chi connectivity index (χ0n) is 10.2. The minimum atomic E-state index is -0.222. The van der Waals surface area contributed by atoms with Gasteiger partial charge in [0.05, 0.1) is 13.2 Å². The van der Waals surface area contributed by atoms with Crippen LogP contribution in [0.2, 0.25) is 5.02 Å². The van der Waals surface area contributed by atoms with Gasteiger partial charge in [-0.1, -0.05) is 30.7 Å². The van der Waals surface area contributed by atoms with E-state index in [1.165, 1.54) is 0 Å². The Labute approximate surface area is 107 Å². The molecular weight excluding hydrogens is 238 g/mol. The van der Waals surface area contributed by atoms with Gasteiger partial charge in [-0.05, 0) is 31.0 Å². The van der Waals surface area contributed by atoms with Crippen LogP contribution in [-0.4, -0.2) is 19.1 Å². The molecule has 0 bridgehead atoms. The third-order valence-corrected chi connectivity index (χ3v) is 2.73. The summed E-state index contributed by atoms with van der Waals surface area (Å²) in [6.45, 7) is 4.51. The smallest absolute Gasteiger partial charge is 0.319 e. The Hall–Kier alpha value is -1.06. The van der Waals surface area contributed by atoms with Crippen LogP contribution in [0.25, 0.3) is 0 Å². The van der Waals surface area contributed by atoms with Crippen LogP contribution in [0.4, 0.5) is 0 Å². The molecule has 17 heavy (non-hydrogen) atoms. The molecule has 94 valence electrons. The molecule has 0 saturated heterocycles. The highest BCUT2D eigenvalue weighted by Gasteiger charge is 2.10. The molecule has 0 heterocycles. The zero-order chi connectivity index (χ0) is 12.7. The van der Waals surface area contributed by atoms with E-state index in [-0.39, 0.29) is 18.6 Å². The minimum Gasteiger partial charge on any atom is -0.465 e. The summed E-state index contributed by atoms with van der Waals surface area (Å²) in [5.74, 6) is -0.222. The number of nitrogens with one attached hydrogen (secondary N) is 1. The van der Waals surface area contributed by atoms with Crippen molar-refractivity contribution >= 4 is 17.6 Å². The first-order valence-corrected chi connectivity index (χ1v) is 6.19. The van der Waals surface area contributed by atoms with Gasteiger partial charge in [0.25, 0.3) is 0 Å². The first kappa shape index (κ1) is 14.0. The lowest BCUT2D eigenvalue weighted by Gasteiger charge is -2.16. The van der Waals surface area contributed by atoms with Crippen LogP contribution >= 0.6 is 11.6 Å². The largest absolute Gasteiger partial charge is 0.465 e. The topological polar surface area (TPSA) is 38.3 Å². The monoisotopic (exact) mass is 255 g/mol. The van der Waals surface area contributed by atoms with E-state index in [1.54, 1.807) is 6.92 Å². The van der Waals surface area contributed by atoms with Gasteiger partial charge < -0.3 is 10.1 Å². The molecule has 0 saturated carbocycles.